The second-order valence-electron chi connectivity index (χ2n) is 3.85. The second kappa shape index (κ2) is 5.36. The molecule has 106 valence electrons. The van der Waals surface area contributed by atoms with E-state index in [9.17, 15) is 13.2 Å². The first kappa shape index (κ1) is 14.1. The molecule has 0 N–H and O–H groups in total. The number of hydrogen-bond donors (Lipinski definition) is 0. The summed E-state index contributed by atoms with van der Waals surface area (Å²) < 4.78 is 48.0. The summed E-state index contributed by atoms with van der Waals surface area (Å²) in [4.78, 5) is 8.03. The van der Waals surface area contributed by atoms with Crippen molar-refractivity contribution in [1.29, 1.82) is 0 Å². The maximum absolute atomic E-state index is 12.7. The van der Waals surface area contributed by atoms with Crippen LogP contribution in [0.2, 0.25) is 0 Å². The number of halogens is 3. The molecule has 0 spiro atoms. The number of benzene rings is 1. The molecule has 4 nitrogen and oxygen atoms in total. The lowest BCUT2D eigenvalue weighted by Crippen LogP contribution is -2.05. The van der Waals surface area contributed by atoms with E-state index in [0.717, 1.165) is 12.1 Å². The van der Waals surface area contributed by atoms with Gasteiger partial charge in [-0.1, -0.05) is 12.1 Å². The average molecular weight is 284 g/mol. The van der Waals surface area contributed by atoms with Crippen LogP contribution in [0, 0.1) is 0 Å². The fourth-order valence-electron chi connectivity index (χ4n) is 1.58. The van der Waals surface area contributed by atoms with E-state index in [4.69, 9.17) is 9.47 Å². The molecule has 0 aliphatic heterocycles. The van der Waals surface area contributed by atoms with Crippen molar-refractivity contribution < 1.29 is 22.6 Å². The summed E-state index contributed by atoms with van der Waals surface area (Å²) in [6.45, 7) is 0. The summed E-state index contributed by atoms with van der Waals surface area (Å²) in [5, 5.41) is 0. The van der Waals surface area contributed by atoms with Gasteiger partial charge in [0.1, 0.15) is 0 Å². The van der Waals surface area contributed by atoms with Gasteiger partial charge in [0, 0.05) is 5.56 Å². The molecule has 2 rings (SSSR count). The number of rotatable bonds is 3. The Bertz CT molecular complexity index is 593. The highest BCUT2D eigenvalue weighted by Crippen LogP contribution is 2.32. The van der Waals surface area contributed by atoms with Gasteiger partial charge in [-0.15, -0.1) is 0 Å². The molecule has 0 unspecified atom stereocenters. The van der Waals surface area contributed by atoms with Crippen molar-refractivity contribution >= 4 is 0 Å². The second-order valence-corrected chi connectivity index (χ2v) is 3.85. The van der Waals surface area contributed by atoms with Crippen molar-refractivity contribution in [3.63, 3.8) is 0 Å². The third-order valence-electron chi connectivity index (χ3n) is 2.55. The number of ether oxygens (including phenoxy) is 2. The first-order valence-electron chi connectivity index (χ1n) is 5.58. The summed E-state index contributed by atoms with van der Waals surface area (Å²) in [5.74, 6) is 0.529. The van der Waals surface area contributed by atoms with Gasteiger partial charge in [-0.25, -0.2) is 0 Å². The topological polar surface area (TPSA) is 44.2 Å². The van der Waals surface area contributed by atoms with Crippen LogP contribution in [0.5, 0.6) is 11.8 Å². The molecule has 0 fully saturated rings. The van der Waals surface area contributed by atoms with Gasteiger partial charge in [-0.2, -0.15) is 23.1 Å². The quantitative estimate of drug-likeness (QED) is 0.868. The summed E-state index contributed by atoms with van der Waals surface area (Å²) in [6.07, 6.45) is -4.42. The zero-order chi connectivity index (χ0) is 14.8. The molecular formula is C13H11F3N2O2. The average Bonchev–Trinajstić information content (AvgIpc) is 2.46. The maximum Gasteiger partial charge on any atom is 0.416 e. The lowest BCUT2D eigenvalue weighted by molar-refractivity contribution is -0.137. The molecule has 7 heteroatoms. The van der Waals surface area contributed by atoms with Crippen LogP contribution in [0.4, 0.5) is 13.2 Å². The summed E-state index contributed by atoms with van der Waals surface area (Å²) in [7, 11) is 2.80. The Labute approximate surface area is 113 Å². The van der Waals surface area contributed by atoms with Gasteiger partial charge in [0.15, 0.2) is 5.82 Å². The molecule has 2 aromatic rings. The third-order valence-corrected chi connectivity index (χ3v) is 2.55. The van der Waals surface area contributed by atoms with Crippen molar-refractivity contribution in [3.8, 4) is 23.1 Å². The Morgan fingerprint density at radius 3 is 2.05 bits per heavy atom. The molecule has 0 amide bonds. The van der Waals surface area contributed by atoms with Gasteiger partial charge in [-0.05, 0) is 12.1 Å². The Morgan fingerprint density at radius 2 is 1.55 bits per heavy atom. The molecule has 0 aliphatic rings. The molecule has 20 heavy (non-hydrogen) atoms. The Morgan fingerprint density at radius 1 is 0.950 bits per heavy atom. The van der Waals surface area contributed by atoms with E-state index in [1.54, 1.807) is 0 Å². The Balaban J connectivity index is 2.51. The highest BCUT2D eigenvalue weighted by atomic mass is 19.4. The van der Waals surface area contributed by atoms with Crippen molar-refractivity contribution in [2.75, 3.05) is 14.2 Å². The molecule has 0 saturated carbocycles. The molecule has 0 saturated heterocycles. The Kier molecular flexibility index (Phi) is 3.78. The van der Waals surface area contributed by atoms with Crippen LogP contribution < -0.4 is 9.47 Å². The number of alkyl halides is 3. The third kappa shape index (κ3) is 2.98. The summed E-state index contributed by atoms with van der Waals surface area (Å²) in [6, 6.07) is 6.20. The van der Waals surface area contributed by atoms with Crippen molar-refractivity contribution in [1.82, 2.24) is 9.97 Å². The van der Waals surface area contributed by atoms with Crippen LogP contribution in [0.1, 0.15) is 5.56 Å². The molecule has 1 aromatic heterocycles. The van der Waals surface area contributed by atoms with Crippen LogP contribution >= 0.6 is 0 Å². The lowest BCUT2D eigenvalue weighted by Gasteiger charge is -2.09. The zero-order valence-corrected chi connectivity index (χ0v) is 10.7. The van der Waals surface area contributed by atoms with Crippen LogP contribution in [-0.2, 0) is 6.18 Å². The van der Waals surface area contributed by atoms with E-state index in [2.05, 4.69) is 9.97 Å². The summed E-state index contributed by atoms with van der Waals surface area (Å²) >= 11 is 0. The molecule has 0 radical (unpaired) electrons. The van der Waals surface area contributed by atoms with Gasteiger partial charge < -0.3 is 9.47 Å². The smallest absolute Gasteiger partial charge is 0.416 e. The predicted octanol–water partition coefficient (Wildman–Crippen LogP) is 3.18. The van der Waals surface area contributed by atoms with Gasteiger partial charge in [-0.3, -0.25) is 0 Å². The van der Waals surface area contributed by atoms with Gasteiger partial charge in [0.2, 0.25) is 11.8 Å². The largest absolute Gasteiger partial charge is 0.481 e. The SMILES string of the molecule is COc1cc(OC)nc(-c2cccc(C(F)(F)F)c2)n1. The van der Waals surface area contributed by atoms with Crippen LogP contribution in [0.3, 0.4) is 0 Å². The zero-order valence-electron chi connectivity index (χ0n) is 10.7. The molecule has 0 bridgehead atoms. The van der Waals surface area contributed by atoms with Gasteiger partial charge in [0.25, 0.3) is 0 Å². The van der Waals surface area contributed by atoms with Crippen molar-refractivity contribution in [2.45, 2.75) is 6.18 Å². The number of nitrogens with zero attached hydrogens (tertiary/aromatic N) is 2. The van der Waals surface area contributed by atoms with Gasteiger partial charge in [0.05, 0.1) is 25.8 Å². The molecular weight excluding hydrogens is 273 g/mol. The van der Waals surface area contributed by atoms with E-state index < -0.39 is 11.7 Å². The standard InChI is InChI=1S/C13H11F3N2O2/c1-19-10-7-11(20-2)18-12(17-10)8-4-3-5-9(6-8)13(14,15)16/h3-7H,1-2H3. The van der Waals surface area contributed by atoms with E-state index in [-0.39, 0.29) is 23.1 Å². The minimum absolute atomic E-state index is 0.104. The summed E-state index contributed by atoms with van der Waals surface area (Å²) in [5.41, 5.74) is -0.530. The number of hydrogen-bond acceptors (Lipinski definition) is 4. The fourth-order valence-corrected chi connectivity index (χ4v) is 1.58. The van der Waals surface area contributed by atoms with Crippen molar-refractivity contribution in [2.24, 2.45) is 0 Å². The monoisotopic (exact) mass is 284 g/mol. The predicted molar refractivity (Wildman–Crippen MR) is 65.6 cm³/mol. The minimum Gasteiger partial charge on any atom is -0.481 e. The molecule has 0 aliphatic carbocycles. The molecule has 0 atom stereocenters. The van der Waals surface area contributed by atoms with Crippen LogP contribution in [-0.4, -0.2) is 24.2 Å². The van der Waals surface area contributed by atoms with E-state index in [0.29, 0.717) is 0 Å². The fraction of sp³-hybridized carbons (Fsp3) is 0.231. The minimum atomic E-state index is -4.42. The van der Waals surface area contributed by atoms with Crippen LogP contribution in [0.25, 0.3) is 11.4 Å². The highest BCUT2D eigenvalue weighted by Gasteiger charge is 2.30. The lowest BCUT2D eigenvalue weighted by atomic mass is 10.1. The normalized spacial score (nSPS) is 11.2. The van der Waals surface area contributed by atoms with E-state index in [1.165, 1.54) is 32.4 Å². The van der Waals surface area contributed by atoms with E-state index >= 15 is 0 Å². The van der Waals surface area contributed by atoms with Crippen LogP contribution in [0.15, 0.2) is 30.3 Å². The van der Waals surface area contributed by atoms with E-state index in [1.807, 2.05) is 0 Å². The maximum atomic E-state index is 12.7. The number of methoxy groups -OCH3 is 2. The Hall–Kier alpha value is -2.31. The first-order chi connectivity index (χ1) is 9.44. The first-order valence-corrected chi connectivity index (χ1v) is 5.58. The molecule has 1 heterocycles. The highest BCUT2D eigenvalue weighted by molar-refractivity contribution is 5.57. The van der Waals surface area contributed by atoms with Gasteiger partial charge >= 0.3 is 6.18 Å². The molecule has 1 aromatic carbocycles. The number of aromatic nitrogens is 2. The van der Waals surface area contributed by atoms with Crippen molar-refractivity contribution in [3.05, 3.63) is 35.9 Å².